The Kier molecular flexibility index (Phi) is 4.30. The van der Waals surface area contributed by atoms with Crippen LogP contribution in [-0.2, 0) is 0 Å². The topological polar surface area (TPSA) is 38.7 Å². The Balaban J connectivity index is 2.43. The van der Waals surface area contributed by atoms with E-state index < -0.39 is 6.10 Å². The SMILES string of the molecule is COc1cc(OC)cc(C(O)c2ccccc2Cl)c1. The maximum Gasteiger partial charge on any atom is 0.122 e. The highest BCUT2D eigenvalue weighted by Gasteiger charge is 2.15. The molecule has 0 radical (unpaired) electrons. The summed E-state index contributed by atoms with van der Waals surface area (Å²) in [7, 11) is 3.14. The van der Waals surface area contributed by atoms with Crippen LogP contribution in [0.4, 0.5) is 0 Å². The summed E-state index contributed by atoms with van der Waals surface area (Å²) in [5.74, 6) is 1.25. The average molecular weight is 279 g/mol. The van der Waals surface area contributed by atoms with Crippen LogP contribution in [0.15, 0.2) is 42.5 Å². The fraction of sp³-hybridized carbons (Fsp3) is 0.200. The standard InChI is InChI=1S/C15H15ClO3/c1-18-11-7-10(8-12(9-11)19-2)15(17)13-5-3-4-6-14(13)16/h3-9,15,17H,1-2H3. The Morgan fingerprint density at radius 2 is 1.58 bits per heavy atom. The third kappa shape index (κ3) is 3.00. The van der Waals surface area contributed by atoms with Crippen molar-refractivity contribution in [2.75, 3.05) is 14.2 Å². The first-order chi connectivity index (χ1) is 9.15. The van der Waals surface area contributed by atoms with E-state index in [0.717, 1.165) is 0 Å². The number of ether oxygens (including phenoxy) is 2. The Labute approximate surface area is 117 Å². The molecule has 0 saturated heterocycles. The van der Waals surface area contributed by atoms with Gasteiger partial charge in [0.2, 0.25) is 0 Å². The molecule has 2 aromatic carbocycles. The lowest BCUT2D eigenvalue weighted by Gasteiger charge is -2.15. The molecule has 0 aliphatic heterocycles. The maximum absolute atomic E-state index is 10.4. The van der Waals surface area contributed by atoms with E-state index >= 15 is 0 Å². The number of aliphatic hydroxyl groups excluding tert-OH is 1. The van der Waals surface area contributed by atoms with Crippen molar-refractivity contribution >= 4 is 11.6 Å². The summed E-state index contributed by atoms with van der Waals surface area (Å²) < 4.78 is 10.4. The smallest absolute Gasteiger partial charge is 0.122 e. The van der Waals surface area contributed by atoms with E-state index in [1.54, 1.807) is 44.6 Å². The van der Waals surface area contributed by atoms with Gasteiger partial charge in [-0.1, -0.05) is 29.8 Å². The largest absolute Gasteiger partial charge is 0.497 e. The molecule has 0 aliphatic carbocycles. The third-order valence-electron chi connectivity index (χ3n) is 2.89. The molecule has 100 valence electrons. The summed E-state index contributed by atoms with van der Waals surface area (Å²) >= 11 is 6.09. The minimum absolute atomic E-state index is 0.525. The zero-order valence-electron chi connectivity index (χ0n) is 10.8. The predicted octanol–water partition coefficient (Wildman–Crippen LogP) is 3.44. The molecule has 0 amide bonds. The van der Waals surface area contributed by atoms with Gasteiger partial charge < -0.3 is 14.6 Å². The van der Waals surface area contributed by atoms with Crippen LogP contribution in [0.25, 0.3) is 0 Å². The fourth-order valence-corrected chi connectivity index (χ4v) is 2.10. The molecule has 0 aliphatic rings. The van der Waals surface area contributed by atoms with Crippen molar-refractivity contribution < 1.29 is 14.6 Å². The van der Waals surface area contributed by atoms with Gasteiger partial charge in [-0.15, -0.1) is 0 Å². The van der Waals surface area contributed by atoms with Gasteiger partial charge in [-0.3, -0.25) is 0 Å². The molecule has 2 aromatic rings. The molecule has 0 fully saturated rings. The minimum atomic E-state index is -0.822. The summed E-state index contributed by atoms with van der Waals surface area (Å²) in [6.07, 6.45) is -0.822. The second-order valence-corrected chi connectivity index (χ2v) is 4.48. The number of methoxy groups -OCH3 is 2. The van der Waals surface area contributed by atoms with E-state index in [9.17, 15) is 5.11 Å². The van der Waals surface area contributed by atoms with Crippen LogP contribution in [0, 0.1) is 0 Å². The zero-order valence-corrected chi connectivity index (χ0v) is 11.5. The van der Waals surface area contributed by atoms with Gasteiger partial charge in [0.05, 0.1) is 14.2 Å². The van der Waals surface area contributed by atoms with Crippen LogP contribution < -0.4 is 9.47 Å². The van der Waals surface area contributed by atoms with Crippen LogP contribution in [0.2, 0.25) is 5.02 Å². The number of hydrogen-bond donors (Lipinski definition) is 1. The number of halogens is 1. The van der Waals surface area contributed by atoms with Crippen LogP contribution in [0.1, 0.15) is 17.2 Å². The number of hydrogen-bond acceptors (Lipinski definition) is 3. The molecule has 0 heterocycles. The molecule has 0 aromatic heterocycles. The third-order valence-corrected chi connectivity index (χ3v) is 3.23. The molecular weight excluding hydrogens is 264 g/mol. The molecule has 0 spiro atoms. The van der Waals surface area contributed by atoms with E-state index in [1.807, 2.05) is 12.1 Å². The molecule has 19 heavy (non-hydrogen) atoms. The Bertz CT molecular complexity index is 547. The van der Waals surface area contributed by atoms with Gasteiger partial charge in [0.25, 0.3) is 0 Å². The van der Waals surface area contributed by atoms with E-state index in [4.69, 9.17) is 21.1 Å². The second kappa shape index (κ2) is 5.95. The highest BCUT2D eigenvalue weighted by atomic mass is 35.5. The van der Waals surface area contributed by atoms with Crippen LogP contribution in [0.5, 0.6) is 11.5 Å². The molecular formula is C15H15ClO3. The normalized spacial score (nSPS) is 12.0. The molecule has 3 nitrogen and oxygen atoms in total. The van der Waals surface area contributed by atoms with E-state index in [0.29, 0.717) is 27.6 Å². The fourth-order valence-electron chi connectivity index (χ4n) is 1.86. The predicted molar refractivity (Wildman–Crippen MR) is 75.1 cm³/mol. The highest BCUT2D eigenvalue weighted by molar-refractivity contribution is 6.31. The van der Waals surface area contributed by atoms with Gasteiger partial charge in [-0.05, 0) is 23.8 Å². The second-order valence-electron chi connectivity index (χ2n) is 4.07. The van der Waals surface area contributed by atoms with Crippen molar-refractivity contribution in [3.05, 3.63) is 58.6 Å². The monoisotopic (exact) mass is 278 g/mol. The molecule has 1 atom stereocenters. The highest BCUT2D eigenvalue weighted by Crippen LogP contribution is 2.32. The van der Waals surface area contributed by atoms with Gasteiger partial charge in [-0.25, -0.2) is 0 Å². The maximum atomic E-state index is 10.4. The van der Waals surface area contributed by atoms with Crippen molar-refractivity contribution in [3.8, 4) is 11.5 Å². The van der Waals surface area contributed by atoms with Gasteiger partial charge >= 0.3 is 0 Å². The number of benzene rings is 2. The molecule has 1 unspecified atom stereocenters. The van der Waals surface area contributed by atoms with Crippen molar-refractivity contribution in [1.29, 1.82) is 0 Å². The Morgan fingerprint density at radius 1 is 1.00 bits per heavy atom. The first kappa shape index (κ1) is 13.7. The summed E-state index contributed by atoms with van der Waals surface area (Å²) in [5.41, 5.74) is 1.32. The van der Waals surface area contributed by atoms with Crippen LogP contribution in [-0.4, -0.2) is 19.3 Å². The van der Waals surface area contributed by atoms with Gasteiger partial charge in [0, 0.05) is 16.7 Å². The van der Waals surface area contributed by atoms with Crippen LogP contribution >= 0.6 is 11.6 Å². The van der Waals surface area contributed by atoms with Gasteiger partial charge in [0.15, 0.2) is 0 Å². The first-order valence-corrected chi connectivity index (χ1v) is 6.19. The Hall–Kier alpha value is -1.71. The number of rotatable bonds is 4. The average Bonchev–Trinajstić information content (AvgIpc) is 2.46. The molecule has 4 heteroatoms. The summed E-state index contributed by atoms with van der Waals surface area (Å²) in [4.78, 5) is 0. The van der Waals surface area contributed by atoms with E-state index in [1.165, 1.54) is 0 Å². The lowest BCUT2D eigenvalue weighted by molar-refractivity contribution is 0.219. The van der Waals surface area contributed by atoms with Crippen molar-refractivity contribution in [3.63, 3.8) is 0 Å². The lowest BCUT2D eigenvalue weighted by atomic mass is 10.0. The zero-order chi connectivity index (χ0) is 13.8. The molecule has 1 N–H and O–H groups in total. The quantitative estimate of drug-likeness (QED) is 0.931. The van der Waals surface area contributed by atoms with Crippen molar-refractivity contribution in [1.82, 2.24) is 0 Å². The minimum Gasteiger partial charge on any atom is -0.497 e. The molecule has 0 saturated carbocycles. The molecule has 2 rings (SSSR count). The summed E-state index contributed by atoms with van der Waals surface area (Å²) in [6.45, 7) is 0. The lowest BCUT2D eigenvalue weighted by Crippen LogP contribution is -2.01. The number of aliphatic hydroxyl groups is 1. The van der Waals surface area contributed by atoms with Gasteiger partial charge in [-0.2, -0.15) is 0 Å². The molecule has 0 bridgehead atoms. The van der Waals surface area contributed by atoms with Crippen molar-refractivity contribution in [2.45, 2.75) is 6.10 Å². The summed E-state index contributed by atoms with van der Waals surface area (Å²) in [6, 6.07) is 12.5. The van der Waals surface area contributed by atoms with E-state index in [-0.39, 0.29) is 0 Å². The summed E-state index contributed by atoms with van der Waals surface area (Å²) in [5, 5.41) is 10.9. The Morgan fingerprint density at radius 3 is 2.11 bits per heavy atom. The van der Waals surface area contributed by atoms with Crippen molar-refractivity contribution in [2.24, 2.45) is 0 Å². The van der Waals surface area contributed by atoms with Gasteiger partial charge in [0.1, 0.15) is 17.6 Å². The van der Waals surface area contributed by atoms with E-state index in [2.05, 4.69) is 0 Å². The first-order valence-electron chi connectivity index (χ1n) is 5.81. The van der Waals surface area contributed by atoms with Crippen LogP contribution in [0.3, 0.4) is 0 Å².